The van der Waals surface area contributed by atoms with E-state index < -0.39 is 0 Å². The van der Waals surface area contributed by atoms with Crippen LogP contribution in [0.15, 0.2) is 59.1 Å². The lowest BCUT2D eigenvalue weighted by molar-refractivity contribution is 0.481. The topological polar surface area (TPSA) is 32.3 Å². The van der Waals surface area contributed by atoms with E-state index in [9.17, 15) is 9.50 Å². The molecule has 3 rings (SSSR count). The van der Waals surface area contributed by atoms with Crippen LogP contribution in [-0.2, 0) is 6.54 Å². The highest BCUT2D eigenvalue weighted by Crippen LogP contribution is 2.30. The first-order chi connectivity index (χ1) is 10.1. The Hall–Kier alpha value is -2.07. The number of rotatable bonds is 3. The zero-order valence-electron chi connectivity index (χ0n) is 11.1. The van der Waals surface area contributed by atoms with Gasteiger partial charge < -0.3 is 10.4 Å². The van der Waals surface area contributed by atoms with Gasteiger partial charge in [0.15, 0.2) is 0 Å². The van der Waals surface area contributed by atoms with E-state index in [0.29, 0.717) is 6.54 Å². The number of nitrogens with one attached hydrogen (secondary N) is 1. The van der Waals surface area contributed by atoms with Crippen LogP contribution in [0.25, 0.3) is 10.8 Å². The Bertz CT molecular complexity index is 804. The fraction of sp³-hybridized carbons (Fsp3) is 0.0588. The average molecular weight is 346 g/mol. The Morgan fingerprint density at radius 1 is 1.00 bits per heavy atom. The number of hydrogen-bond acceptors (Lipinski definition) is 2. The first kappa shape index (κ1) is 13.9. The van der Waals surface area contributed by atoms with Crippen LogP contribution in [0, 0.1) is 5.82 Å². The number of anilines is 1. The summed E-state index contributed by atoms with van der Waals surface area (Å²) in [6, 6.07) is 15.7. The van der Waals surface area contributed by atoms with Gasteiger partial charge in [0.2, 0.25) is 0 Å². The highest BCUT2D eigenvalue weighted by atomic mass is 79.9. The van der Waals surface area contributed by atoms with Crippen molar-refractivity contribution >= 4 is 32.4 Å². The van der Waals surface area contributed by atoms with Crippen molar-refractivity contribution in [2.75, 3.05) is 5.32 Å². The fourth-order valence-corrected chi connectivity index (χ4v) is 2.70. The van der Waals surface area contributed by atoms with Crippen molar-refractivity contribution in [2.24, 2.45) is 0 Å². The summed E-state index contributed by atoms with van der Waals surface area (Å²) in [5.74, 6) is -0.00588. The minimum atomic E-state index is -0.259. The Balaban J connectivity index is 1.92. The highest BCUT2D eigenvalue weighted by Gasteiger charge is 2.06. The lowest BCUT2D eigenvalue weighted by Crippen LogP contribution is -2.01. The van der Waals surface area contributed by atoms with Gasteiger partial charge in [-0.2, -0.15) is 0 Å². The lowest BCUT2D eigenvalue weighted by Gasteiger charge is -2.11. The van der Waals surface area contributed by atoms with Crippen LogP contribution >= 0.6 is 15.9 Å². The van der Waals surface area contributed by atoms with Gasteiger partial charge in [0.05, 0.1) is 0 Å². The minimum absolute atomic E-state index is 0.253. The summed E-state index contributed by atoms with van der Waals surface area (Å²) in [6.07, 6.45) is 0. The molecule has 0 atom stereocenters. The van der Waals surface area contributed by atoms with Crippen LogP contribution in [0.1, 0.15) is 5.56 Å². The van der Waals surface area contributed by atoms with Gasteiger partial charge in [-0.15, -0.1) is 0 Å². The Kier molecular flexibility index (Phi) is 3.80. The summed E-state index contributed by atoms with van der Waals surface area (Å²) >= 11 is 3.42. The van der Waals surface area contributed by atoms with Gasteiger partial charge in [0.1, 0.15) is 11.6 Å². The highest BCUT2D eigenvalue weighted by molar-refractivity contribution is 9.10. The molecule has 0 fully saturated rings. The summed E-state index contributed by atoms with van der Waals surface area (Å²) < 4.78 is 14.2. The monoisotopic (exact) mass is 345 g/mol. The van der Waals surface area contributed by atoms with Crippen molar-refractivity contribution in [3.8, 4) is 5.75 Å². The zero-order chi connectivity index (χ0) is 14.8. The van der Waals surface area contributed by atoms with Crippen LogP contribution in [0.3, 0.4) is 0 Å². The molecule has 0 spiro atoms. The summed E-state index contributed by atoms with van der Waals surface area (Å²) in [7, 11) is 0. The predicted molar refractivity (Wildman–Crippen MR) is 87.0 cm³/mol. The van der Waals surface area contributed by atoms with Gasteiger partial charge in [0, 0.05) is 27.5 Å². The van der Waals surface area contributed by atoms with Gasteiger partial charge in [-0.1, -0.05) is 40.2 Å². The van der Waals surface area contributed by atoms with Crippen molar-refractivity contribution in [3.63, 3.8) is 0 Å². The van der Waals surface area contributed by atoms with Gasteiger partial charge in [-0.05, 0) is 35.9 Å². The molecular formula is C17H13BrFNO. The number of fused-ring (bicyclic) bond motifs is 1. The van der Waals surface area contributed by atoms with E-state index in [1.807, 2.05) is 24.3 Å². The molecule has 0 aromatic heterocycles. The van der Waals surface area contributed by atoms with E-state index in [1.54, 1.807) is 18.2 Å². The Morgan fingerprint density at radius 2 is 1.76 bits per heavy atom. The number of phenolic OH excluding ortho intramolecular Hbond substituents is 1. The molecule has 0 saturated heterocycles. The molecule has 2 nitrogen and oxygen atoms in total. The Labute approximate surface area is 130 Å². The Morgan fingerprint density at radius 3 is 2.62 bits per heavy atom. The smallest absolute Gasteiger partial charge is 0.123 e. The molecule has 106 valence electrons. The standard InChI is InChI=1S/C17H13BrFNO/c18-15-8-7-12(19)9-11(15)10-20-16-5-1-4-14-13(16)3-2-6-17(14)21/h1-9,20-21H,10H2. The third-order valence-electron chi connectivity index (χ3n) is 3.38. The molecule has 3 aromatic rings. The van der Waals surface area contributed by atoms with Gasteiger partial charge in [-0.25, -0.2) is 4.39 Å². The van der Waals surface area contributed by atoms with Crippen LogP contribution in [0.5, 0.6) is 5.75 Å². The van der Waals surface area contributed by atoms with E-state index in [4.69, 9.17) is 0 Å². The molecule has 2 N–H and O–H groups in total. The summed E-state index contributed by atoms with van der Waals surface area (Å²) in [5, 5.41) is 14.9. The largest absolute Gasteiger partial charge is 0.507 e. The molecule has 3 aromatic carbocycles. The van der Waals surface area contributed by atoms with Crippen LogP contribution in [-0.4, -0.2) is 5.11 Å². The molecule has 0 aliphatic carbocycles. The molecule has 0 saturated carbocycles. The van der Waals surface area contributed by atoms with E-state index in [2.05, 4.69) is 21.2 Å². The van der Waals surface area contributed by atoms with E-state index in [-0.39, 0.29) is 11.6 Å². The van der Waals surface area contributed by atoms with Crippen molar-refractivity contribution in [2.45, 2.75) is 6.54 Å². The van der Waals surface area contributed by atoms with Gasteiger partial charge >= 0.3 is 0 Å². The van der Waals surface area contributed by atoms with Crippen molar-refractivity contribution in [3.05, 3.63) is 70.5 Å². The second kappa shape index (κ2) is 5.74. The van der Waals surface area contributed by atoms with Crippen LogP contribution in [0.2, 0.25) is 0 Å². The van der Waals surface area contributed by atoms with Crippen molar-refractivity contribution < 1.29 is 9.50 Å². The maximum absolute atomic E-state index is 13.3. The summed E-state index contributed by atoms with van der Waals surface area (Å²) in [6.45, 7) is 0.493. The number of benzene rings is 3. The first-order valence-electron chi connectivity index (χ1n) is 6.53. The number of halogens is 2. The van der Waals surface area contributed by atoms with E-state index in [0.717, 1.165) is 26.5 Å². The summed E-state index contributed by atoms with van der Waals surface area (Å²) in [4.78, 5) is 0. The zero-order valence-corrected chi connectivity index (χ0v) is 12.7. The SMILES string of the molecule is Oc1cccc2c(NCc3cc(F)ccc3Br)cccc12. The summed E-state index contributed by atoms with van der Waals surface area (Å²) in [5.41, 5.74) is 1.74. The molecule has 21 heavy (non-hydrogen) atoms. The van der Waals surface area contributed by atoms with E-state index >= 15 is 0 Å². The van der Waals surface area contributed by atoms with Gasteiger partial charge in [-0.3, -0.25) is 0 Å². The van der Waals surface area contributed by atoms with Crippen molar-refractivity contribution in [1.29, 1.82) is 0 Å². The maximum atomic E-state index is 13.3. The molecule has 4 heteroatoms. The second-order valence-electron chi connectivity index (χ2n) is 4.77. The third-order valence-corrected chi connectivity index (χ3v) is 4.15. The molecule has 0 aliphatic rings. The molecular weight excluding hydrogens is 333 g/mol. The van der Waals surface area contributed by atoms with Crippen LogP contribution < -0.4 is 5.32 Å². The fourth-order valence-electron chi connectivity index (χ4n) is 2.32. The molecule has 0 radical (unpaired) electrons. The molecule has 0 bridgehead atoms. The molecule has 0 unspecified atom stereocenters. The molecule has 0 heterocycles. The molecule has 0 amide bonds. The molecule has 0 aliphatic heterocycles. The number of phenols is 1. The maximum Gasteiger partial charge on any atom is 0.123 e. The minimum Gasteiger partial charge on any atom is -0.507 e. The third kappa shape index (κ3) is 2.85. The normalized spacial score (nSPS) is 10.8. The second-order valence-corrected chi connectivity index (χ2v) is 5.62. The lowest BCUT2D eigenvalue weighted by atomic mass is 10.1. The first-order valence-corrected chi connectivity index (χ1v) is 7.33. The van der Waals surface area contributed by atoms with Crippen molar-refractivity contribution in [1.82, 2.24) is 0 Å². The van der Waals surface area contributed by atoms with Crippen LogP contribution in [0.4, 0.5) is 10.1 Å². The number of hydrogen-bond donors (Lipinski definition) is 2. The predicted octanol–water partition coefficient (Wildman–Crippen LogP) is 5.06. The average Bonchev–Trinajstić information content (AvgIpc) is 2.49. The van der Waals surface area contributed by atoms with E-state index in [1.165, 1.54) is 12.1 Å². The quantitative estimate of drug-likeness (QED) is 0.695. The number of aromatic hydroxyl groups is 1. The van der Waals surface area contributed by atoms with Gasteiger partial charge in [0.25, 0.3) is 0 Å².